The second kappa shape index (κ2) is 17.6. The lowest BCUT2D eigenvalue weighted by atomic mass is 10.0. The number of piperazine rings is 1. The molecule has 2 aromatic carbocycles. The molecule has 0 spiro atoms. The van der Waals surface area contributed by atoms with Crippen LogP contribution in [0.3, 0.4) is 0 Å². The zero-order valence-corrected chi connectivity index (χ0v) is 27.2. The highest BCUT2D eigenvalue weighted by atomic mass is 35.5. The molecule has 3 amide bonds. The smallest absolute Gasteiger partial charge is 0.409 e. The van der Waals surface area contributed by atoms with Gasteiger partial charge in [-0.25, -0.2) is 19.0 Å². The van der Waals surface area contributed by atoms with Crippen molar-refractivity contribution in [3.63, 3.8) is 0 Å². The topological polar surface area (TPSA) is 213 Å². The molecule has 1 aliphatic rings. The van der Waals surface area contributed by atoms with Crippen LogP contribution in [0.25, 0.3) is 10.9 Å². The van der Waals surface area contributed by atoms with E-state index in [4.69, 9.17) is 31.0 Å². The molecule has 1 saturated heterocycles. The molecule has 4 rings (SSSR count). The molecule has 15 nitrogen and oxygen atoms in total. The van der Waals surface area contributed by atoms with Gasteiger partial charge in [-0.05, 0) is 25.5 Å². The van der Waals surface area contributed by atoms with Crippen molar-refractivity contribution in [1.29, 1.82) is 0 Å². The molecule has 2 atom stereocenters. The van der Waals surface area contributed by atoms with Crippen LogP contribution in [-0.2, 0) is 23.9 Å². The monoisotopic (exact) mass is 704 g/mol. The van der Waals surface area contributed by atoms with Gasteiger partial charge in [0.25, 0.3) is 11.9 Å². The van der Waals surface area contributed by atoms with Crippen molar-refractivity contribution in [3.05, 3.63) is 70.6 Å². The molecule has 0 radical (unpaired) electrons. The predicted octanol–water partition coefficient (Wildman–Crippen LogP) is 3.44. The van der Waals surface area contributed by atoms with E-state index in [1.807, 2.05) is 0 Å². The maximum Gasteiger partial charge on any atom is 0.409 e. The normalized spacial score (nSPS) is 13.7. The average molecular weight is 705 g/mol. The molecule has 2 heterocycles. The molecule has 3 aromatic rings. The Hall–Kier alpha value is -5.51. The number of halogens is 2. The molecule has 0 aliphatic carbocycles. The molecule has 4 N–H and O–H groups in total. The Morgan fingerprint density at radius 3 is 2.14 bits per heavy atom. The van der Waals surface area contributed by atoms with Gasteiger partial charge in [-0.1, -0.05) is 41.9 Å². The van der Waals surface area contributed by atoms with Gasteiger partial charge in [0.1, 0.15) is 22.9 Å². The minimum absolute atomic E-state index is 0.0119. The summed E-state index contributed by atoms with van der Waals surface area (Å²) in [5.41, 5.74) is -0.362. The van der Waals surface area contributed by atoms with Crippen LogP contribution >= 0.6 is 11.6 Å². The molecule has 1 aliphatic heterocycles. The van der Waals surface area contributed by atoms with Gasteiger partial charge in [0.2, 0.25) is 12.0 Å². The number of pyridine rings is 1. The summed E-state index contributed by atoms with van der Waals surface area (Å²) >= 11 is 6.03. The van der Waals surface area contributed by atoms with Crippen molar-refractivity contribution in [1.82, 2.24) is 20.1 Å². The summed E-state index contributed by atoms with van der Waals surface area (Å²) in [6.07, 6.45) is -2.30. The number of aliphatic carboxylic acids is 3. The van der Waals surface area contributed by atoms with Crippen LogP contribution in [0.2, 0.25) is 5.02 Å². The Kier molecular flexibility index (Phi) is 13.6. The van der Waals surface area contributed by atoms with Gasteiger partial charge < -0.3 is 39.9 Å². The molecular weight excluding hydrogens is 671 g/mol. The lowest BCUT2D eigenvalue weighted by Gasteiger charge is -2.35. The molecule has 1 aromatic heterocycles. The van der Waals surface area contributed by atoms with Crippen LogP contribution < -0.4 is 10.1 Å². The Balaban J connectivity index is 0.00000154. The van der Waals surface area contributed by atoms with Crippen LogP contribution in [0.15, 0.2) is 48.5 Å². The highest BCUT2D eigenvalue weighted by Crippen LogP contribution is 2.33. The molecule has 0 bridgehead atoms. The molecule has 1 fully saturated rings. The first-order chi connectivity index (χ1) is 23.2. The first-order valence-corrected chi connectivity index (χ1v) is 15.3. The van der Waals surface area contributed by atoms with Crippen LogP contribution in [-0.4, -0.2) is 105 Å². The number of carboxylic acid groups (broad SMARTS) is 3. The van der Waals surface area contributed by atoms with E-state index in [2.05, 4.69) is 10.3 Å². The number of carboxylic acids is 3. The lowest BCUT2D eigenvalue weighted by molar-refractivity contribution is -0.152. The predicted molar refractivity (Wildman–Crippen MR) is 171 cm³/mol. The summed E-state index contributed by atoms with van der Waals surface area (Å²) in [5, 5.41) is 29.5. The molecule has 49 heavy (non-hydrogen) atoms. The fourth-order valence-corrected chi connectivity index (χ4v) is 4.97. The molecule has 17 heteroatoms. The summed E-state index contributed by atoms with van der Waals surface area (Å²) in [4.78, 5) is 77.8. The van der Waals surface area contributed by atoms with Gasteiger partial charge in [0.15, 0.2) is 5.82 Å². The zero-order valence-electron chi connectivity index (χ0n) is 26.4. The van der Waals surface area contributed by atoms with Crippen molar-refractivity contribution in [3.8, 4) is 5.75 Å². The molecule has 262 valence electrons. The highest BCUT2D eigenvalue weighted by molar-refractivity contribution is 6.31. The summed E-state index contributed by atoms with van der Waals surface area (Å²) in [6, 6.07) is 11.4. The van der Waals surface area contributed by atoms with Crippen molar-refractivity contribution in [2.75, 3.05) is 39.3 Å². The summed E-state index contributed by atoms with van der Waals surface area (Å²) < 4.78 is 25.7. The minimum Gasteiger partial charge on any atom is -0.481 e. The Morgan fingerprint density at radius 1 is 0.959 bits per heavy atom. The number of hydrogen-bond acceptors (Lipinski definition) is 9. The molecule has 0 saturated carbocycles. The quantitative estimate of drug-likeness (QED) is 0.211. The lowest BCUT2D eigenvalue weighted by Crippen LogP contribution is -2.53. The summed E-state index contributed by atoms with van der Waals surface area (Å²) in [6.45, 7) is 3.30. The largest absolute Gasteiger partial charge is 0.481 e. The Bertz CT molecular complexity index is 1700. The number of hydrogen-bond donors (Lipinski definition) is 4. The number of fused-ring (bicyclic) bond motifs is 1. The summed E-state index contributed by atoms with van der Waals surface area (Å²) in [5.74, 6) is -7.62. The second-order valence-electron chi connectivity index (χ2n) is 10.5. The van der Waals surface area contributed by atoms with Crippen molar-refractivity contribution in [2.24, 2.45) is 5.92 Å². The van der Waals surface area contributed by atoms with E-state index in [0.717, 1.165) is 19.1 Å². The third-order valence-corrected chi connectivity index (χ3v) is 7.25. The number of nitrogens with zero attached hydrogens (tertiary/aromatic N) is 3. The van der Waals surface area contributed by atoms with E-state index >= 15 is 0 Å². The van der Waals surface area contributed by atoms with Gasteiger partial charge in [-0.3, -0.25) is 19.2 Å². The van der Waals surface area contributed by atoms with Gasteiger partial charge in [-0.15, -0.1) is 0 Å². The van der Waals surface area contributed by atoms with Crippen molar-refractivity contribution in [2.45, 2.75) is 26.4 Å². The second-order valence-corrected chi connectivity index (χ2v) is 10.9. The Labute approximate surface area is 284 Å². The van der Waals surface area contributed by atoms with Gasteiger partial charge in [0, 0.05) is 61.7 Å². The fraction of sp³-hybridized carbons (Fsp3) is 0.344. The van der Waals surface area contributed by atoms with E-state index < -0.39 is 53.7 Å². The maximum atomic E-state index is 14.9. The van der Waals surface area contributed by atoms with Crippen LogP contribution in [0.4, 0.5) is 9.18 Å². The van der Waals surface area contributed by atoms with Gasteiger partial charge in [-0.2, -0.15) is 0 Å². The van der Waals surface area contributed by atoms with Crippen LogP contribution in [0.1, 0.15) is 42.4 Å². The minimum atomic E-state index is -1.52. The number of aromatic nitrogens is 1. The summed E-state index contributed by atoms with van der Waals surface area (Å²) in [7, 11) is 0. The standard InChI is InChI=1S/C30H30ClFN4O9.C2H4O2/c1-2-44-30(43)36-12-10-35(11-13-36)27(38)19(28(39)40)8-9-33-26(37)22-16-23(20-14-18(31)15-21(32)24(20)34-22)45-25(29(41)42)17-6-4-3-5-7-17;1-2(3)4/h3-7,14-16,19,25H,2,8-13H2,1H3,(H,33,37)(H,39,40)(H,41,42);1H3,(H,3,4). The number of carbonyl (C=O) groups excluding carboxylic acids is 3. The van der Waals surface area contributed by atoms with Crippen LogP contribution in [0, 0.1) is 11.7 Å². The number of carbonyl (C=O) groups is 6. The van der Waals surface area contributed by atoms with Crippen LogP contribution in [0.5, 0.6) is 5.75 Å². The average Bonchev–Trinajstić information content (AvgIpc) is 3.05. The first kappa shape index (κ1) is 37.9. The number of rotatable bonds is 11. The zero-order chi connectivity index (χ0) is 36.2. The van der Waals surface area contributed by atoms with Crippen molar-refractivity contribution < 1.29 is 58.0 Å². The van der Waals surface area contributed by atoms with E-state index in [-0.39, 0.29) is 78.7 Å². The third-order valence-electron chi connectivity index (χ3n) is 7.03. The molecule has 2 unspecified atom stereocenters. The van der Waals surface area contributed by atoms with Gasteiger partial charge >= 0.3 is 18.0 Å². The SMILES string of the molecule is CC(=O)O.CCOC(=O)N1CCN(C(=O)C(CCNC(=O)c2cc(OC(C(=O)O)c3ccccc3)c3cc(Cl)cc(F)c3n2)C(=O)O)CC1. The third kappa shape index (κ3) is 10.5. The number of benzene rings is 2. The molecular formula is C32H34ClFN4O11. The first-order valence-electron chi connectivity index (χ1n) is 14.9. The van der Waals surface area contributed by atoms with E-state index in [1.165, 1.54) is 28.0 Å². The van der Waals surface area contributed by atoms with E-state index in [1.54, 1.807) is 25.1 Å². The van der Waals surface area contributed by atoms with Gasteiger partial charge in [0.05, 0.1) is 6.61 Å². The number of ether oxygens (including phenoxy) is 2. The Morgan fingerprint density at radius 2 is 1.57 bits per heavy atom. The highest BCUT2D eigenvalue weighted by Gasteiger charge is 2.33. The fourth-order valence-electron chi connectivity index (χ4n) is 4.77. The maximum absolute atomic E-state index is 14.9. The van der Waals surface area contributed by atoms with E-state index in [9.17, 15) is 38.6 Å². The number of nitrogens with one attached hydrogen (secondary N) is 1. The van der Waals surface area contributed by atoms with E-state index in [0.29, 0.717) is 0 Å². The number of amides is 3. The van der Waals surface area contributed by atoms with Crippen molar-refractivity contribution >= 4 is 58.3 Å².